The van der Waals surface area contributed by atoms with Gasteiger partial charge in [0.25, 0.3) is 11.6 Å². The van der Waals surface area contributed by atoms with Crippen LogP contribution >= 0.6 is 23.2 Å². The number of rotatable bonds is 13. The Morgan fingerprint density at radius 1 is 1.00 bits per heavy atom. The van der Waals surface area contributed by atoms with E-state index in [1.807, 2.05) is 36.0 Å². The fourth-order valence-corrected chi connectivity index (χ4v) is 3.98. The third kappa shape index (κ3) is 7.81. The quantitative estimate of drug-likeness (QED) is 0.226. The van der Waals surface area contributed by atoms with Gasteiger partial charge in [0.2, 0.25) is 5.91 Å². The van der Waals surface area contributed by atoms with Gasteiger partial charge in [-0.3, -0.25) is 19.7 Å². The maximum absolute atomic E-state index is 13.3. The zero-order valence-corrected chi connectivity index (χ0v) is 22.5. The number of nitrogens with one attached hydrogen (secondary N) is 2. The molecule has 0 aromatic heterocycles. The van der Waals surface area contributed by atoms with Gasteiger partial charge in [0.1, 0.15) is 0 Å². The highest BCUT2D eigenvalue weighted by atomic mass is 35.5. The van der Waals surface area contributed by atoms with Crippen LogP contribution in [0.25, 0.3) is 0 Å². The zero-order chi connectivity index (χ0) is 26.9. The number of halogens is 2. The molecule has 0 radical (unpaired) electrons. The maximum Gasteiger partial charge on any atom is 0.273 e. The van der Waals surface area contributed by atoms with Crippen LogP contribution in [-0.2, 0) is 10.2 Å². The number of nitro groups is 1. The van der Waals surface area contributed by atoms with Crippen LogP contribution in [0.4, 0.5) is 17.1 Å². The summed E-state index contributed by atoms with van der Waals surface area (Å²) >= 11 is 11.8. The molecule has 2 N–H and O–H groups in total. The fourth-order valence-electron chi connectivity index (χ4n) is 3.57. The van der Waals surface area contributed by atoms with E-state index in [0.717, 1.165) is 5.69 Å². The van der Waals surface area contributed by atoms with Crippen molar-refractivity contribution in [3.63, 3.8) is 0 Å². The van der Waals surface area contributed by atoms with E-state index in [0.29, 0.717) is 43.6 Å². The first-order chi connectivity index (χ1) is 17.0. The van der Waals surface area contributed by atoms with E-state index in [-0.39, 0.29) is 22.7 Å². The van der Waals surface area contributed by atoms with Crippen LogP contribution < -0.4 is 15.5 Å². The van der Waals surface area contributed by atoms with E-state index in [9.17, 15) is 19.7 Å². The first-order valence-corrected chi connectivity index (χ1v) is 12.6. The number of hydrogen-bond donors (Lipinski definition) is 2. The van der Waals surface area contributed by atoms with Gasteiger partial charge in [-0.05, 0) is 64.3 Å². The van der Waals surface area contributed by atoms with E-state index in [1.165, 1.54) is 18.2 Å². The minimum atomic E-state index is -1.30. The Labute approximate surface area is 221 Å². The second-order valence-electron chi connectivity index (χ2n) is 9.04. The van der Waals surface area contributed by atoms with Crippen molar-refractivity contribution in [1.29, 1.82) is 0 Å². The van der Waals surface area contributed by atoms with Crippen LogP contribution in [0.5, 0.6) is 0 Å². The predicted molar refractivity (Wildman–Crippen MR) is 146 cm³/mol. The third-order valence-electron chi connectivity index (χ3n) is 5.74. The molecule has 2 rings (SSSR count). The van der Waals surface area contributed by atoms with Gasteiger partial charge in [-0.2, -0.15) is 0 Å². The van der Waals surface area contributed by atoms with Crippen molar-refractivity contribution < 1.29 is 14.5 Å². The van der Waals surface area contributed by atoms with Gasteiger partial charge in [0, 0.05) is 66.5 Å². The molecule has 2 aromatic carbocycles. The van der Waals surface area contributed by atoms with Gasteiger partial charge in [0.05, 0.1) is 10.3 Å². The summed E-state index contributed by atoms with van der Waals surface area (Å²) in [6.45, 7) is 5.52. The van der Waals surface area contributed by atoms with Crippen LogP contribution in [0.15, 0.2) is 42.5 Å². The highest BCUT2D eigenvalue weighted by molar-refractivity contribution is 6.18. The van der Waals surface area contributed by atoms with Gasteiger partial charge in [0.15, 0.2) is 0 Å². The second-order valence-corrected chi connectivity index (χ2v) is 9.80. The molecule has 0 aliphatic rings. The molecule has 9 nitrogen and oxygen atoms in total. The first kappa shape index (κ1) is 29.4. The van der Waals surface area contributed by atoms with Crippen LogP contribution in [-0.4, -0.2) is 73.7 Å². The monoisotopic (exact) mass is 537 g/mol. The van der Waals surface area contributed by atoms with E-state index in [1.54, 1.807) is 26.0 Å². The van der Waals surface area contributed by atoms with Crippen molar-refractivity contribution in [2.75, 3.05) is 62.3 Å². The molecule has 11 heteroatoms. The number of anilines is 2. The topological polar surface area (TPSA) is 108 Å². The summed E-state index contributed by atoms with van der Waals surface area (Å²) in [5.74, 6) is 0.101. The highest BCUT2D eigenvalue weighted by Gasteiger charge is 2.36. The Hall–Kier alpha value is -2.88. The Bertz CT molecular complexity index is 1050. The predicted octanol–water partition coefficient (Wildman–Crippen LogP) is 4.09. The molecule has 0 bridgehead atoms. The number of alkyl halides is 2. The summed E-state index contributed by atoms with van der Waals surface area (Å²) in [5.41, 5.74) is 0.319. The molecule has 0 heterocycles. The number of likely N-dealkylation sites (N-methyl/N-ethyl adjacent to an activating group) is 1. The average molecular weight is 538 g/mol. The molecule has 0 aliphatic carbocycles. The summed E-state index contributed by atoms with van der Waals surface area (Å²) in [7, 11) is 3.78. The normalized spacial score (nSPS) is 11.3. The van der Waals surface area contributed by atoms with E-state index < -0.39 is 16.2 Å². The van der Waals surface area contributed by atoms with Crippen molar-refractivity contribution in [3.8, 4) is 0 Å². The lowest BCUT2D eigenvalue weighted by Gasteiger charge is -2.25. The summed E-state index contributed by atoms with van der Waals surface area (Å²) in [6, 6.07) is 11.3. The lowest BCUT2D eigenvalue weighted by atomic mass is 9.81. The second kappa shape index (κ2) is 13.4. The lowest BCUT2D eigenvalue weighted by Crippen LogP contribution is -2.36. The summed E-state index contributed by atoms with van der Waals surface area (Å²) in [6.07, 6.45) is 0. The van der Waals surface area contributed by atoms with Crippen LogP contribution in [0.1, 0.15) is 29.8 Å². The minimum absolute atomic E-state index is 0.150. The summed E-state index contributed by atoms with van der Waals surface area (Å²) in [4.78, 5) is 41.0. The van der Waals surface area contributed by atoms with Crippen molar-refractivity contribution in [1.82, 2.24) is 10.2 Å². The van der Waals surface area contributed by atoms with Crippen molar-refractivity contribution >= 4 is 52.1 Å². The molecular formula is C25H33Cl2N5O4. The number of carbonyl (C=O) groups is 2. The largest absolute Gasteiger partial charge is 0.369 e. The minimum Gasteiger partial charge on any atom is -0.369 e. The Morgan fingerprint density at radius 3 is 2.14 bits per heavy atom. The Balaban J connectivity index is 2.27. The molecular weight excluding hydrogens is 505 g/mol. The van der Waals surface area contributed by atoms with E-state index in [4.69, 9.17) is 23.2 Å². The van der Waals surface area contributed by atoms with Crippen LogP contribution in [0, 0.1) is 10.1 Å². The molecule has 0 saturated heterocycles. The molecule has 0 atom stereocenters. The number of hydrogen-bond acceptors (Lipinski definition) is 6. The van der Waals surface area contributed by atoms with Gasteiger partial charge >= 0.3 is 0 Å². The van der Waals surface area contributed by atoms with Gasteiger partial charge in [-0.25, -0.2) is 0 Å². The maximum atomic E-state index is 13.3. The summed E-state index contributed by atoms with van der Waals surface area (Å²) < 4.78 is 0. The molecule has 0 spiro atoms. The molecule has 0 fully saturated rings. The standard InChI is InChI=1S/C25H33Cl2N5O4/c1-25(2,24(34)29-19-6-8-20(9-7-19)31(14-11-26)15-12-27)21-17-18(5-10-22(21)32(35)36)23(33)28-13-16-30(3)4/h5-10,17H,11-16H2,1-4H3,(H,28,33)(H,29,34). The molecule has 0 unspecified atom stereocenters. The number of nitro benzene ring substituents is 1. The van der Waals surface area contributed by atoms with E-state index in [2.05, 4.69) is 10.6 Å². The highest BCUT2D eigenvalue weighted by Crippen LogP contribution is 2.34. The molecule has 0 aliphatic heterocycles. The smallest absolute Gasteiger partial charge is 0.273 e. The molecule has 2 amide bonds. The molecule has 2 aromatic rings. The zero-order valence-electron chi connectivity index (χ0n) is 21.0. The molecule has 196 valence electrons. The Kier molecular flexibility index (Phi) is 11.0. The number of benzene rings is 2. The average Bonchev–Trinajstić information content (AvgIpc) is 2.83. The van der Waals surface area contributed by atoms with Crippen molar-refractivity contribution in [2.45, 2.75) is 19.3 Å². The van der Waals surface area contributed by atoms with Gasteiger partial charge in [-0.1, -0.05) is 0 Å². The first-order valence-electron chi connectivity index (χ1n) is 11.5. The SMILES string of the molecule is CN(C)CCNC(=O)c1ccc([N+](=O)[O-])c(C(C)(C)C(=O)Nc2ccc(N(CCCl)CCCl)cc2)c1. The van der Waals surface area contributed by atoms with Gasteiger partial charge < -0.3 is 20.4 Å². The van der Waals surface area contributed by atoms with Crippen LogP contribution in [0.2, 0.25) is 0 Å². The van der Waals surface area contributed by atoms with Crippen molar-refractivity contribution in [2.24, 2.45) is 0 Å². The van der Waals surface area contributed by atoms with Gasteiger partial charge in [-0.15, -0.1) is 23.2 Å². The molecule has 36 heavy (non-hydrogen) atoms. The number of nitrogens with zero attached hydrogens (tertiary/aromatic N) is 3. The number of amides is 2. The van der Waals surface area contributed by atoms with Crippen molar-refractivity contribution in [3.05, 3.63) is 63.7 Å². The molecule has 0 saturated carbocycles. The fraction of sp³-hybridized carbons (Fsp3) is 0.440. The van der Waals surface area contributed by atoms with Crippen LogP contribution in [0.3, 0.4) is 0 Å². The Morgan fingerprint density at radius 2 is 1.61 bits per heavy atom. The summed E-state index contributed by atoms with van der Waals surface area (Å²) in [5, 5.41) is 17.4. The van der Waals surface area contributed by atoms with E-state index >= 15 is 0 Å². The number of carbonyl (C=O) groups excluding carboxylic acids is 2. The third-order valence-corrected chi connectivity index (χ3v) is 6.08. The lowest BCUT2D eigenvalue weighted by molar-refractivity contribution is -0.385.